The van der Waals surface area contributed by atoms with Crippen LogP contribution in [0.1, 0.15) is 50.5 Å². The number of hydrogen-bond acceptors (Lipinski definition) is 2. The fraction of sp³-hybridized carbons (Fsp3) is 0.625. The average Bonchev–Trinajstić information content (AvgIpc) is 2.79. The minimum atomic E-state index is 0.454. The van der Waals surface area contributed by atoms with Gasteiger partial charge in [-0.2, -0.15) is 0 Å². The topological polar surface area (TPSA) is 30.7 Å². The van der Waals surface area contributed by atoms with Gasteiger partial charge >= 0.3 is 0 Å². The van der Waals surface area contributed by atoms with Crippen LogP contribution in [0.5, 0.6) is 0 Å². The molecule has 2 aromatic rings. The second kappa shape index (κ2) is 5.36. The molecule has 2 aromatic heterocycles. The third-order valence-corrected chi connectivity index (χ3v) is 5.03. The van der Waals surface area contributed by atoms with Gasteiger partial charge in [0, 0.05) is 12.2 Å². The molecule has 0 radical (unpaired) electrons. The van der Waals surface area contributed by atoms with Crippen LogP contribution in [0.4, 0.5) is 0 Å². The SMILES string of the molecule is Cc1cnc2c(c1)nc(CCl)n2C1CCC(C)C(C)C1. The summed E-state index contributed by atoms with van der Waals surface area (Å²) in [7, 11) is 0. The Morgan fingerprint density at radius 3 is 2.80 bits per heavy atom. The van der Waals surface area contributed by atoms with Crippen molar-refractivity contribution in [3.8, 4) is 0 Å². The van der Waals surface area contributed by atoms with E-state index >= 15 is 0 Å². The van der Waals surface area contributed by atoms with E-state index in [9.17, 15) is 0 Å². The molecule has 0 amide bonds. The normalized spacial score (nSPS) is 27.1. The van der Waals surface area contributed by atoms with E-state index in [1.165, 1.54) is 19.3 Å². The smallest absolute Gasteiger partial charge is 0.160 e. The Morgan fingerprint density at radius 2 is 2.10 bits per heavy atom. The number of hydrogen-bond donors (Lipinski definition) is 0. The molecule has 20 heavy (non-hydrogen) atoms. The van der Waals surface area contributed by atoms with Crippen LogP contribution in [0.3, 0.4) is 0 Å². The van der Waals surface area contributed by atoms with Crippen molar-refractivity contribution in [2.45, 2.75) is 52.0 Å². The highest BCUT2D eigenvalue weighted by molar-refractivity contribution is 6.16. The van der Waals surface area contributed by atoms with Gasteiger partial charge in [-0.05, 0) is 49.7 Å². The molecular weight excluding hydrogens is 270 g/mol. The van der Waals surface area contributed by atoms with Gasteiger partial charge in [0.05, 0.1) is 5.88 Å². The number of fused-ring (bicyclic) bond motifs is 1. The highest BCUT2D eigenvalue weighted by Gasteiger charge is 2.28. The summed E-state index contributed by atoms with van der Waals surface area (Å²) in [6.07, 6.45) is 5.61. The lowest BCUT2D eigenvalue weighted by Gasteiger charge is -2.33. The fourth-order valence-corrected chi connectivity index (χ4v) is 3.55. The summed E-state index contributed by atoms with van der Waals surface area (Å²) in [5.74, 6) is 2.98. The molecule has 3 nitrogen and oxygen atoms in total. The van der Waals surface area contributed by atoms with Gasteiger partial charge in [-0.15, -0.1) is 11.6 Å². The molecule has 3 unspecified atom stereocenters. The number of alkyl halides is 1. The predicted molar refractivity (Wildman–Crippen MR) is 83.0 cm³/mol. The molecule has 0 saturated heterocycles. The number of aryl methyl sites for hydroxylation is 1. The van der Waals surface area contributed by atoms with Crippen molar-refractivity contribution in [3.05, 3.63) is 23.7 Å². The first kappa shape index (κ1) is 13.9. The zero-order valence-corrected chi connectivity index (χ0v) is 13.2. The van der Waals surface area contributed by atoms with Crippen LogP contribution < -0.4 is 0 Å². The lowest BCUT2D eigenvalue weighted by molar-refractivity contribution is 0.211. The van der Waals surface area contributed by atoms with Crippen molar-refractivity contribution in [1.29, 1.82) is 0 Å². The van der Waals surface area contributed by atoms with Crippen molar-refractivity contribution >= 4 is 22.8 Å². The van der Waals surface area contributed by atoms with Crippen molar-refractivity contribution < 1.29 is 0 Å². The Balaban J connectivity index is 2.05. The number of aromatic nitrogens is 3. The summed E-state index contributed by atoms with van der Waals surface area (Å²) < 4.78 is 2.30. The number of imidazole rings is 1. The van der Waals surface area contributed by atoms with Crippen LogP contribution in [0.25, 0.3) is 11.2 Å². The first-order chi connectivity index (χ1) is 9.60. The molecule has 1 fully saturated rings. The van der Waals surface area contributed by atoms with Crippen LogP contribution in [-0.2, 0) is 5.88 Å². The molecule has 3 atom stereocenters. The molecule has 1 saturated carbocycles. The predicted octanol–water partition coefficient (Wildman–Crippen LogP) is 4.48. The van der Waals surface area contributed by atoms with Gasteiger partial charge in [-0.3, -0.25) is 0 Å². The van der Waals surface area contributed by atoms with E-state index in [1.54, 1.807) is 0 Å². The summed E-state index contributed by atoms with van der Waals surface area (Å²) in [6.45, 7) is 6.76. The molecule has 1 aliphatic carbocycles. The average molecular weight is 292 g/mol. The summed E-state index contributed by atoms with van der Waals surface area (Å²) in [5, 5.41) is 0. The Labute approximate surface area is 125 Å². The van der Waals surface area contributed by atoms with Crippen LogP contribution >= 0.6 is 11.6 Å². The van der Waals surface area contributed by atoms with E-state index in [1.807, 2.05) is 6.20 Å². The Hall–Kier alpha value is -1.09. The van der Waals surface area contributed by atoms with Crippen molar-refractivity contribution in [2.75, 3.05) is 0 Å². The quantitative estimate of drug-likeness (QED) is 0.764. The highest BCUT2D eigenvalue weighted by atomic mass is 35.5. The summed E-state index contributed by atoms with van der Waals surface area (Å²) >= 11 is 6.12. The third-order valence-electron chi connectivity index (χ3n) is 4.79. The Kier molecular flexibility index (Phi) is 3.72. The van der Waals surface area contributed by atoms with Crippen LogP contribution in [0.2, 0.25) is 0 Å². The zero-order valence-electron chi connectivity index (χ0n) is 12.4. The lowest BCUT2D eigenvalue weighted by atomic mass is 9.79. The molecular formula is C16H22ClN3. The maximum absolute atomic E-state index is 6.12. The van der Waals surface area contributed by atoms with Crippen LogP contribution in [-0.4, -0.2) is 14.5 Å². The first-order valence-corrected chi connectivity index (χ1v) is 8.03. The largest absolute Gasteiger partial charge is 0.309 e. The second-order valence-corrected chi connectivity index (χ2v) is 6.58. The Morgan fingerprint density at radius 1 is 1.30 bits per heavy atom. The summed E-state index contributed by atoms with van der Waals surface area (Å²) in [5.41, 5.74) is 3.12. The standard InChI is InChI=1S/C16H22ClN3/c1-10-6-14-16(18-9-10)20(15(8-17)19-14)13-5-4-11(2)12(3)7-13/h6,9,11-13H,4-5,7-8H2,1-3H3. The minimum absolute atomic E-state index is 0.454. The van der Waals surface area contributed by atoms with Gasteiger partial charge in [-0.25, -0.2) is 9.97 Å². The van der Waals surface area contributed by atoms with Crippen LogP contribution in [0.15, 0.2) is 12.3 Å². The van der Waals surface area contributed by atoms with Gasteiger partial charge in [0.1, 0.15) is 11.3 Å². The van der Waals surface area contributed by atoms with E-state index in [4.69, 9.17) is 11.6 Å². The number of pyridine rings is 1. The van der Waals surface area contributed by atoms with E-state index in [-0.39, 0.29) is 0 Å². The molecule has 4 heteroatoms. The van der Waals surface area contributed by atoms with E-state index < -0.39 is 0 Å². The minimum Gasteiger partial charge on any atom is -0.309 e. The highest BCUT2D eigenvalue weighted by Crippen LogP contribution is 2.38. The Bertz CT molecular complexity index is 619. The third kappa shape index (κ3) is 2.32. The molecule has 2 heterocycles. The molecule has 108 valence electrons. The van der Waals surface area contributed by atoms with Gasteiger partial charge in [0.2, 0.25) is 0 Å². The number of rotatable bonds is 2. The molecule has 3 rings (SSSR count). The first-order valence-electron chi connectivity index (χ1n) is 7.49. The molecule has 0 N–H and O–H groups in total. The van der Waals surface area contributed by atoms with Gasteiger partial charge in [0.15, 0.2) is 5.65 Å². The van der Waals surface area contributed by atoms with Crippen molar-refractivity contribution in [3.63, 3.8) is 0 Å². The van der Waals surface area contributed by atoms with Crippen LogP contribution in [0, 0.1) is 18.8 Å². The maximum atomic E-state index is 6.12. The van der Waals surface area contributed by atoms with E-state index in [2.05, 4.69) is 41.4 Å². The maximum Gasteiger partial charge on any atom is 0.160 e. The molecule has 1 aliphatic rings. The summed E-state index contributed by atoms with van der Waals surface area (Å²) in [4.78, 5) is 9.29. The summed E-state index contributed by atoms with van der Waals surface area (Å²) in [6, 6.07) is 2.60. The van der Waals surface area contributed by atoms with Gasteiger partial charge in [0.25, 0.3) is 0 Å². The lowest BCUT2D eigenvalue weighted by Crippen LogP contribution is -2.24. The van der Waals surface area contributed by atoms with Gasteiger partial charge in [-0.1, -0.05) is 13.8 Å². The zero-order chi connectivity index (χ0) is 14.3. The van der Waals surface area contributed by atoms with Crippen molar-refractivity contribution in [1.82, 2.24) is 14.5 Å². The van der Waals surface area contributed by atoms with E-state index in [0.29, 0.717) is 11.9 Å². The molecule has 0 aliphatic heterocycles. The molecule has 0 spiro atoms. The number of nitrogens with zero attached hydrogens (tertiary/aromatic N) is 3. The number of halogens is 1. The second-order valence-electron chi connectivity index (χ2n) is 6.31. The monoisotopic (exact) mass is 291 g/mol. The molecule has 0 bridgehead atoms. The van der Waals surface area contributed by atoms with E-state index in [0.717, 1.165) is 34.4 Å². The fourth-order valence-electron chi connectivity index (χ4n) is 3.36. The van der Waals surface area contributed by atoms with Crippen molar-refractivity contribution in [2.24, 2.45) is 11.8 Å². The molecule has 0 aromatic carbocycles. The van der Waals surface area contributed by atoms with Gasteiger partial charge < -0.3 is 4.57 Å².